The molecule has 1 aliphatic rings. The number of para-hydroxylation sites is 1. The van der Waals surface area contributed by atoms with Crippen LogP contribution in [0.3, 0.4) is 0 Å². The molecule has 0 atom stereocenters. The third-order valence-electron chi connectivity index (χ3n) is 2.83. The van der Waals surface area contributed by atoms with Gasteiger partial charge >= 0.3 is 0 Å². The van der Waals surface area contributed by atoms with E-state index in [-0.39, 0.29) is 5.91 Å². The number of hydrogen-bond donors (Lipinski definition) is 1. The van der Waals surface area contributed by atoms with E-state index in [0.717, 1.165) is 21.3 Å². The lowest BCUT2D eigenvalue weighted by atomic mass is 10.2. The van der Waals surface area contributed by atoms with Crippen LogP contribution in [0.25, 0.3) is 0 Å². The van der Waals surface area contributed by atoms with Crippen LogP contribution in [0.2, 0.25) is 0 Å². The highest BCUT2D eigenvalue weighted by Gasteiger charge is 2.16. The first-order chi connectivity index (χ1) is 10.3. The molecule has 0 radical (unpaired) electrons. The van der Waals surface area contributed by atoms with Crippen molar-refractivity contribution in [3.63, 3.8) is 0 Å². The Kier molecular flexibility index (Phi) is 4.47. The third kappa shape index (κ3) is 3.80. The SMILES string of the molecule is O=C(CSC1=NN=C(c2cccs2)C1)Nc1ccccc1. The predicted octanol–water partition coefficient (Wildman–Crippen LogP) is 3.63. The molecule has 0 saturated heterocycles. The molecule has 0 aliphatic carbocycles. The third-order valence-corrected chi connectivity index (χ3v) is 4.72. The van der Waals surface area contributed by atoms with Crippen molar-refractivity contribution in [1.82, 2.24) is 0 Å². The summed E-state index contributed by atoms with van der Waals surface area (Å²) < 4.78 is 0. The second-order valence-corrected chi connectivity index (χ2v) is 6.39. The van der Waals surface area contributed by atoms with Crippen LogP contribution in [0, 0.1) is 0 Å². The van der Waals surface area contributed by atoms with Crippen LogP contribution in [0.5, 0.6) is 0 Å². The zero-order chi connectivity index (χ0) is 14.5. The van der Waals surface area contributed by atoms with Gasteiger partial charge in [0, 0.05) is 12.1 Å². The maximum Gasteiger partial charge on any atom is 0.234 e. The molecule has 0 fully saturated rings. The number of anilines is 1. The van der Waals surface area contributed by atoms with Gasteiger partial charge in [0.05, 0.1) is 16.3 Å². The first kappa shape index (κ1) is 14.0. The van der Waals surface area contributed by atoms with Gasteiger partial charge in [0.15, 0.2) is 0 Å². The average Bonchev–Trinajstić information content (AvgIpc) is 3.17. The predicted molar refractivity (Wildman–Crippen MR) is 90.4 cm³/mol. The van der Waals surface area contributed by atoms with E-state index in [2.05, 4.69) is 15.5 Å². The monoisotopic (exact) mass is 315 g/mol. The van der Waals surface area contributed by atoms with E-state index in [1.165, 1.54) is 11.8 Å². The quantitative estimate of drug-likeness (QED) is 0.936. The molecule has 0 spiro atoms. The highest BCUT2D eigenvalue weighted by Crippen LogP contribution is 2.21. The van der Waals surface area contributed by atoms with Gasteiger partial charge in [0.25, 0.3) is 0 Å². The molecule has 3 rings (SSSR count). The van der Waals surface area contributed by atoms with Gasteiger partial charge < -0.3 is 5.32 Å². The summed E-state index contributed by atoms with van der Waals surface area (Å²) >= 11 is 3.10. The summed E-state index contributed by atoms with van der Waals surface area (Å²) in [6, 6.07) is 13.5. The van der Waals surface area contributed by atoms with Crippen molar-refractivity contribution >= 4 is 45.4 Å². The summed E-state index contributed by atoms with van der Waals surface area (Å²) in [5.74, 6) is 0.319. The number of amides is 1. The highest BCUT2D eigenvalue weighted by molar-refractivity contribution is 8.14. The van der Waals surface area contributed by atoms with Gasteiger partial charge in [-0.2, -0.15) is 5.10 Å². The summed E-state index contributed by atoms with van der Waals surface area (Å²) in [6.45, 7) is 0. The molecule has 1 N–H and O–H groups in total. The van der Waals surface area contributed by atoms with E-state index in [4.69, 9.17) is 0 Å². The van der Waals surface area contributed by atoms with Crippen molar-refractivity contribution in [2.75, 3.05) is 11.1 Å². The van der Waals surface area contributed by atoms with Crippen LogP contribution in [0.4, 0.5) is 5.69 Å². The molecule has 106 valence electrons. The first-order valence-corrected chi connectivity index (χ1v) is 8.33. The zero-order valence-electron chi connectivity index (χ0n) is 11.2. The smallest absolute Gasteiger partial charge is 0.234 e. The van der Waals surface area contributed by atoms with Crippen LogP contribution in [0.15, 0.2) is 58.0 Å². The fourth-order valence-electron chi connectivity index (χ4n) is 1.86. The number of rotatable bonds is 4. The number of carbonyl (C=O) groups excluding carboxylic acids is 1. The number of hydrogen-bond acceptors (Lipinski definition) is 5. The summed E-state index contributed by atoms with van der Waals surface area (Å²) in [6.07, 6.45) is 0.712. The van der Waals surface area contributed by atoms with E-state index in [1.807, 2.05) is 47.8 Å². The molecule has 0 bridgehead atoms. The van der Waals surface area contributed by atoms with Crippen LogP contribution in [-0.2, 0) is 4.79 Å². The molecular formula is C15H13N3OS2. The first-order valence-electron chi connectivity index (χ1n) is 6.46. The molecule has 6 heteroatoms. The van der Waals surface area contributed by atoms with Crippen molar-refractivity contribution in [1.29, 1.82) is 0 Å². The Labute approximate surface area is 131 Å². The Morgan fingerprint density at radius 1 is 1.19 bits per heavy atom. The Bertz CT molecular complexity index is 678. The van der Waals surface area contributed by atoms with Gasteiger partial charge in [-0.1, -0.05) is 36.0 Å². The summed E-state index contributed by atoms with van der Waals surface area (Å²) in [4.78, 5) is 13.0. The lowest BCUT2D eigenvalue weighted by Crippen LogP contribution is -2.15. The van der Waals surface area contributed by atoms with Crippen molar-refractivity contribution in [2.45, 2.75) is 6.42 Å². The van der Waals surface area contributed by atoms with Crippen LogP contribution >= 0.6 is 23.1 Å². The van der Waals surface area contributed by atoms with Crippen molar-refractivity contribution in [3.8, 4) is 0 Å². The minimum Gasteiger partial charge on any atom is -0.325 e. The van der Waals surface area contributed by atoms with Crippen LogP contribution in [-0.4, -0.2) is 22.4 Å². The fraction of sp³-hybridized carbons (Fsp3) is 0.133. The normalized spacial score (nSPS) is 13.7. The maximum absolute atomic E-state index is 11.9. The van der Waals surface area contributed by atoms with Gasteiger partial charge in [-0.05, 0) is 23.6 Å². The molecule has 1 aromatic carbocycles. The van der Waals surface area contributed by atoms with E-state index in [1.54, 1.807) is 11.3 Å². The Morgan fingerprint density at radius 2 is 2.05 bits per heavy atom. The minimum absolute atomic E-state index is 0.0292. The lowest BCUT2D eigenvalue weighted by Gasteiger charge is -2.04. The second-order valence-electron chi connectivity index (χ2n) is 4.40. The molecular weight excluding hydrogens is 302 g/mol. The number of nitrogens with one attached hydrogen (secondary N) is 1. The lowest BCUT2D eigenvalue weighted by molar-refractivity contribution is -0.113. The topological polar surface area (TPSA) is 53.8 Å². The number of thiophene rings is 1. The van der Waals surface area contributed by atoms with E-state index in [9.17, 15) is 4.79 Å². The van der Waals surface area contributed by atoms with Gasteiger partial charge in [-0.15, -0.1) is 16.4 Å². The molecule has 1 aromatic heterocycles. The fourth-order valence-corrected chi connectivity index (χ4v) is 3.27. The zero-order valence-corrected chi connectivity index (χ0v) is 12.8. The Morgan fingerprint density at radius 3 is 2.81 bits per heavy atom. The number of benzene rings is 1. The van der Waals surface area contributed by atoms with E-state index >= 15 is 0 Å². The minimum atomic E-state index is -0.0292. The Hall–Kier alpha value is -1.92. The molecule has 2 aromatic rings. The van der Waals surface area contributed by atoms with Gasteiger partial charge in [0.1, 0.15) is 5.04 Å². The standard InChI is InChI=1S/C15H13N3OS2/c19-14(16-11-5-2-1-3-6-11)10-21-15-9-12(17-18-15)13-7-4-8-20-13/h1-8H,9-10H2,(H,16,19). The van der Waals surface area contributed by atoms with Crippen molar-refractivity contribution in [2.24, 2.45) is 10.2 Å². The molecule has 1 aliphatic heterocycles. The van der Waals surface area contributed by atoms with Crippen LogP contribution < -0.4 is 5.32 Å². The molecule has 0 unspecified atom stereocenters. The second kappa shape index (κ2) is 6.69. The molecule has 4 nitrogen and oxygen atoms in total. The van der Waals surface area contributed by atoms with Gasteiger partial charge in [-0.3, -0.25) is 4.79 Å². The van der Waals surface area contributed by atoms with E-state index in [0.29, 0.717) is 12.2 Å². The van der Waals surface area contributed by atoms with E-state index < -0.39 is 0 Å². The number of thioether (sulfide) groups is 1. The maximum atomic E-state index is 11.9. The highest BCUT2D eigenvalue weighted by atomic mass is 32.2. The molecule has 1 amide bonds. The number of nitrogens with zero attached hydrogens (tertiary/aromatic N) is 2. The Balaban J connectivity index is 1.46. The van der Waals surface area contributed by atoms with Crippen molar-refractivity contribution in [3.05, 3.63) is 52.7 Å². The molecule has 0 saturated carbocycles. The number of carbonyl (C=O) groups is 1. The largest absolute Gasteiger partial charge is 0.325 e. The van der Waals surface area contributed by atoms with Crippen molar-refractivity contribution < 1.29 is 4.79 Å². The van der Waals surface area contributed by atoms with Gasteiger partial charge in [0.2, 0.25) is 5.91 Å². The summed E-state index contributed by atoms with van der Waals surface area (Å²) in [7, 11) is 0. The average molecular weight is 315 g/mol. The summed E-state index contributed by atoms with van der Waals surface area (Å²) in [5.41, 5.74) is 1.79. The molecule has 21 heavy (non-hydrogen) atoms. The summed E-state index contributed by atoms with van der Waals surface area (Å²) in [5, 5.41) is 14.1. The van der Waals surface area contributed by atoms with Crippen LogP contribution in [0.1, 0.15) is 11.3 Å². The van der Waals surface area contributed by atoms with Gasteiger partial charge in [-0.25, -0.2) is 0 Å². The molecule has 2 heterocycles.